The number of nitrogens with one attached hydrogen (secondary N) is 1. The zero-order valence-electron chi connectivity index (χ0n) is 6.22. The van der Waals surface area contributed by atoms with E-state index in [9.17, 15) is 0 Å². The van der Waals surface area contributed by atoms with Gasteiger partial charge in [0, 0.05) is 12.6 Å². The highest BCUT2D eigenvalue weighted by atomic mass is 16.3. The van der Waals surface area contributed by atoms with Crippen LogP contribution in [0, 0.1) is 5.92 Å². The SMILES string of the molecule is CCC(C)C([NH])CCO. The van der Waals surface area contributed by atoms with Gasteiger partial charge in [-0.3, -0.25) is 5.73 Å². The van der Waals surface area contributed by atoms with E-state index < -0.39 is 0 Å². The summed E-state index contributed by atoms with van der Waals surface area (Å²) in [5.74, 6) is 0.428. The summed E-state index contributed by atoms with van der Waals surface area (Å²) in [4.78, 5) is 0. The van der Waals surface area contributed by atoms with Crippen molar-refractivity contribution in [1.29, 1.82) is 0 Å². The molecule has 0 aromatic rings. The summed E-state index contributed by atoms with van der Waals surface area (Å²) < 4.78 is 0. The predicted octanol–water partition coefficient (Wildman–Crippen LogP) is 1.07. The molecule has 0 bridgehead atoms. The molecule has 0 saturated carbocycles. The maximum atomic E-state index is 8.46. The molecule has 55 valence electrons. The van der Waals surface area contributed by atoms with E-state index in [0.29, 0.717) is 12.3 Å². The van der Waals surface area contributed by atoms with E-state index in [4.69, 9.17) is 10.8 Å². The second-order valence-electron chi connectivity index (χ2n) is 2.50. The Labute approximate surface area is 57.1 Å². The van der Waals surface area contributed by atoms with Gasteiger partial charge in [-0.15, -0.1) is 0 Å². The first-order chi connectivity index (χ1) is 4.22. The van der Waals surface area contributed by atoms with Crippen molar-refractivity contribution in [3.8, 4) is 0 Å². The van der Waals surface area contributed by atoms with Gasteiger partial charge in [0.1, 0.15) is 0 Å². The van der Waals surface area contributed by atoms with Gasteiger partial charge >= 0.3 is 0 Å². The van der Waals surface area contributed by atoms with Crippen LogP contribution in [0.1, 0.15) is 26.7 Å². The van der Waals surface area contributed by atoms with Gasteiger partial charge in [0.15, 0.2) is 0 Å². The van der Waals surface area contributed by atoms with Gasteiger partial charge in [-0.2, -0.15) is 0 Å². The van der Waals surface area contributed by atoms with E-state index in [0.717, 1.165) is 6.42 Å². The molecule has 0 saturated heterocycles. The first-order valence-electron chi connectivity index (χ1n) is 3.54. The van der Waals surface area contributed by atoms with E-state index in [-0.39, 0.29) is 12.6 Å². The lowest BCUT2D eigenvalue weighted by atomic mass is 9.98. The second-order valence-corrected chi connectivity index (χ2v) is 2.50. The Balaban J connectivity index is 3.32. The minimum Gasteiger partial charge on any atom is -0.396 e. The van der Waals surface area contributed by atoms with Gasteiger partial charge in [-0.25, -0.2) is 0 Å². The molecule has 9 heavy (non-hydrogen) atoms. The van der Waals surface area contributed by atoms with Gasteiger partial charge in [-0.05, 0) is 12.3 Å². The Morgan fingerprint density at radius 1 is 1.56 bits per heavy atom. The third-order valence-corrected chi connectivity index (χ3v) is 1.77. The summed E-state index contributed by atoms with van der Waals surface area (Å²) in [6.45, 7) is 4.27. The maximum Gasteiger partial charge on any atom is 0.0446 e. The fourth-order valence-electron chi connectivity index (χ4n) is 0.708. The average Bonchev–Trinajstić information content (AvgIpc) is 1.87. The van der Waals surface area contributed by atoms with E-state index in [2.05, 4.69) is 6.92 Å². The van der Waals surface area contributed by atoms with Crippen LogP contribution in [-0.2, 0) is 0 Å². The summed E-state index contributed by atoms with van der Waals surface area (Å²) in [5.41, 5.74) is 7.42. The molecule has 0 rings (SSSR count). The molecular formula is C7H16NO. The molecule has 2 nitrogen and oxygen atoms in total. The Kier molecular flexibility index (Phi) is 4.72. The highest BCUT2D eigenvalue weighted by Gasteiger charge is 2.09. The summed E-state index contributed by atoms with van der Waals surface area (Å²) >= 11 is 0. The monoisotopic (exact) mass is 130 g/mol. The summed E-state index contributed by atoms with van der Waals surface area (Å²) in [6.07, 6.45) is 1.66. The molecule has 0 fully saturated rings. The highest BCUT2D eigenvalue weighted by Crippen LogP contribution is 2.08. The summed E-state index contributed by atoms with van der Waals surface area (Å²) in [6, 6.07) is -0.0694. The molecule has 0 aliphatic heterocycles. The minimum absolute atomic E-state index is 0.0694. The number of hydrogen-bond donors (Lipinski definition) is 1. The molecule has 0 aromatic heterocycles. The van der Waals surface area contributed by atoms with Crippen LogP contribution in [0.25, 0.3) is 0 Å². The minimum atomic E-state index is -0.0694. The Hall–Kier alpha value is -0.0800. The fraction of sp³-hybridized carbons (Fsp3) is 1.00. The van der Waals surface area contributed by atoms with Gasteiger partial charge in [0.2, 0.25) is 0 Å². The van der Waals surface area contributed by atoms with Crippen molar-refractivity contribution in [3.63, 3.8) is 0 Å². The van der Waals surface area contributed by atoms with Crippen molar-refractivity contribution in [2.24, 2.45) is 5.92 Å². The van der Waals surface area contributed by atoms with Crippen LogP contribution in [0.2, 0.25) is 0 Å². The van der Waals surface area contributed by atoms with Crippen LogP contribution in [-0.4, -0.2) is 17.8 Å². The van der Waals surface area contributed by atoms with Crippen LogP contribution in [0.5, 0.6) is 0 Å². The smallest absolute Gasteiger partial charge is 0.0446 e. The summed E-state index contributed by atoms with van der Waals surface area (Å²) in [7, 11) is 0. The van der Waals surface area contributed by atoms with Crippen LogP contribution < -0.4 is 5.73 Å². The van der Waals surface area contributed by atoms with Gasteiger partial charge in [-0.1, -0.05) is 20.3 Å². The normalized spacial score (nSPS) is 17.3. The van der Waals surface area contributed by atoms with E-state index in [1.165, 1.54) is 0 Å². The molecule has 2 atom stereocenters. The van der Waals surface area contributed by atoms with Gasteiger partial charge in [0.05, 0.1) is 0 Å². The van der Waals surface area contributed by atoms with Gasteiger partial charge < -0.3 is 5.11 Å². The molecule has 0 aliphatic carbocycles. The Morgan fingerprint density at radius 2 is 2.11 bits per heavy atom. The largest absolute Gasteiger partial charge is 0.396 e. The van der Waals surface area contributed by atoms with Crippen molar-refractivity contribution in [1.82, 2.24) is 5.73 Å². The van der Waals surface area contributed by atoms with Crippen molar-refractivity contribution in [2.75, 3.05) is 6.61 Å². The van der Waals surface area contributed by atoms with Crippen LogP contribution in [0.3, 0.4) is 0 Å². The third-order valence-electron chi connectivity index (χ3n) is 1.77. The van der Waals surface area contributed by atoms with Crippen molar-refractivity contribution in [3.05, 3.63) is 0 Å². The molecule has 2 unspecified atom stereocenters. The maximum absolute atomic E-state index is 8.46. The number of aliphatic hydroxyl groups is 1. The Morgan fingerprint density at radius 3 is 2.44 bits per heavy atom. The molecule has 0 amide bonds. The molecule has 0 heterocycles. The summed E-state index contributed by atoms with van der Waals surface area (Å²) in [5, 5.41) is 8.46. The van der Waals surface area contributed by atoms with Crippen molar-refractivity contribution in [2.45, 2.75) is 32.7 Å². The molecular weight excluding hydrogens is 114 g/mol. The number of aliphatic hydroxyl groups excluding tert-OH is 1. The average molecular weight is 130 g/mol. The molecule has 0 aliphatic rings. The quantitative estimate of drug-likeness (QED) is 0.607. The van der Waals surface area contributed by atoms with Gasteiger partial charge in [0.25, 0.3) is 0 Å². The predicted molar refractivity (Wildman–Crippen MR) is 38.0 cm³/mol. The Bertz CT molecular complexity index is 65.9. The number of rotatable bonds is 4. The topological polar surface area (TPSA) is 44.0 Å². The third kappa shape index (κ3) is 3.49. The molecule has 2 N–H and O–H groups in total. The van der Waals surface area contributed by atoms with Crippen molar-refractivity contribution < 1.29 is 5.11 Å². The van der Waals surface area contributed by atoms with E-state index >= 15 is 0 Å². The van der Waals surface area contributed by atoms with Crippen LogP contribution in [0.4, 0.5) is 0 Å². The van der Waals surface area contributed by atoms with Crippen molar-refractivity contribution >= 4 is 0 Å². The zero-order chi connectivity index (χ0) is 7.28. The number of hydrogen-bond acceptors (Lipinski definition) is 1. The van der Waals surface area contributed by atoms with E-state index in [1.54, 1.807) is 0 Å². The first-order valence-corrected chi connectivity index (χ1v) is 3.54. The highest BCUT2D eigenvalue weighted by molar-refractivity contribution is 4.65. The lowest BCUT2D eigenvalue weighted by Crippen LogP contribution is -2.19. The lowest BCUT2D eigenvalue weighted by molar-refractivity contribution is 0.254. The standard InChI is InChI=1S/C7H16NO/c1-3-6(2)7(8)4-5-9/h6-9H,3-5H2,1-2H3. The van der Waals surface area contributed by atoms with E-state index in [1.807, 2.05) is 6.92 Å². The van der Waals surface area contributed by atoms with Crippen LogP contribution in [0.15, 0.2) is 0 Å². The van der Waals surface area contributed by atoms with Crippen LogP contribution >= 0.6 is 0 Å². The zero-order valence-corrected chi connectivity index (χ0v) is 6.22. The molecule has 0 aromatic carbocycles. The fourth-order valence-corrected chi connectivity index (χ4v) is 0.708. The first kappa shape index (κ1) is 8.92. The molecule has 2 heteroatoms. The second kappa shape index (κ2) is 4.77. The molecule has 1 radical (unpaired) electrons. The molecule has 0 spiro atoms. The lowest BCUT2D eigenvalue weighted by Gasteiger charge is -2.14.